The molecule has 162 valence electrons. The zero-order valence-electron chi connectivity index (χ0n) is 17.6. The van der Waals surface area contributed by atoms with E-state index in [4.69, 9.17) is 0 Å². The summed E-state index contributed by atoms with van der Waals surface area (Å²) in [6.45, 7) is 4.82. The lowest BCUT2D eigenvalue weighted by Crippen LogP contribution is -2.39. The number of carbonyl (C=O) groups excluding carboxylic acids is 3. The van der Waals surface area contributed by atoms with E-state index in [1.54, 1.807) is 6.07 Å². The van der Waals surface area contributed by atoms with Crippen molar-refractivity contribution < 1.29 is 18.8 Å². The number of para-hydroxylation sites is 1. The van der Waals surface area contributed by atoms with Crippen LogP contribution in [0.25, 0.3) is 0 Å². The number of carbonyl (C=O) groups is 3. The van der Waals surface area contributed by atoms with Gasteiger partial charge in [-0.3, -0.25) is 14.4 Å². The summed E-state index contributed by atoms with van der Waals surface area (Å²) in [6, 6.07) is 10.6. The minimum absolute atomic E-state index is 0.0911. The second kappa shape index (κ2) is 8.98. The average molecular weight is 423 g/mol. The highest BCUT2D eigenvalue weighted by molar-refractivity contribution is 6.34. The maximum Gasteiger partial charge on any atom is 0.266 e. The Kier molecular flexibility index (Phi) is 6.13. The molecule has 1 unspecified atom stereocenters. The van der Waals surface area contributed by atoms with E-state index in [2.05, 4.69) is 17.1 Å². The molecule has 2 aliphatic heterocycles. The molecule has 0 aliphatic carbocycles. The Morgan fingerprint density at radius 2 is 1.87 bits per heavy atom. The number of halogens is 1. The molecule has 3 amide bonds. The number of piperidine rings is 1. The van der Waals surface area contributed by atoms with Gasteiger partial charge >= 0.3 is 0 Å². The zero-order chi connectivity index (χ0) is 22.0. The van der Waals surface area contributed by atoms with Crippen molar-refractivity contribution in [1.82, 2.24) is 10.2 Å². The maximum absolute atomic E-state index is 14.1. The summed E-state index contributed by atoms with van der Waals surface area (Å²) in [4.78, 5) is 41.3. The number of nitrogens with zero attached hydrogens (tertiary/aromatic N) is 2. The van der Waals surface area contributed by atoms with Gasteiger partial charge in [0.05, 0.1) is 16.8 Å². The predicted molar refractivity (Wildman–Crippen MR) is 116 cm³/mol. The van der Waals surface area contributed by atoms with Crippen LogP contribution in [0.5, 0.6) is 0 Å². The van der Waals surface area contributed by atoms with Crippen LogP contribution in [0.15, 0.2) is 42.5 Å². The van der Waals surface area contributed by atoms with E-state index in [1.807, 2.05) is 0 Å². The van der Waals surface area contributed by atoms with Crippen molar-refractivity contribution in [3.8, 4) is 0 Å². The lowest BCUT2D eigenvalue weighted by Gasteiger charge is -2.33. The van der Waals surface area contributed by atoms with E-state index in [1.165, 1.54) is 55.7 Å². The number of anilines is 1. The molecule has 2 aromatic carbocycles. The van der Waals surface area contributed by atoms with E-state index in [0.717, 1.165) is 24.4 Å². The standard InChI is InChI=1S/C24H26FN3O3/c1-16-7-4-5-13-27(16)14-6-12-26-22(29)17-10-11-18-19(15-17)24(31)28(23(18)30)21-9-3-2-8-20(21)25/h2-3,8-11,15-16H,4-7,12-14H2,1H3,(H,26,29). The Morgan fingerprint density at radius 3 is 2.65 bits per heavy atom. The summed E-state index contributed by atoms with van der Waals surface area (Å²) in [5, 5.41) is 2.89. The summed E-state index contributed by atoms with van der Waals surface area (Å²) >= 11 is 0. The predicted octanol–water partition coefficient (Wildman–Crippen LogP) is 3.62. The van der Waals surface area contributed by atoms with Gasteiger partial charge in [-0.05, 0) is 63.1 Å². The van der Waals surface area contributed by atoms with Gasteiger partial charge in [-0.2, -0.15) is 0 Å². The first-order valence-corrected chi connectivity index (χ1v) is 10.8. The highest BCUT2D eigenvalue weighted by Crippen LogP contribution is 2.30. The highest BCUT2D eigenvalue weighted by atomic mass is 19.1. The number of hydrogen-bond acceptors (Lipinski definition) is 4. The molecule has 1 atom stereocenters. The summed E-state index contributed by atoms with van der Waals surface area (Å²) in [6.07, 6.45) is 4.57. The van der Waals surface area contributed by atoms with E-state index < -0.39 is 17.6 Å². The number of nitrogens with one attached hydrogen (secondary N) is 1. The molecule has 0 bridgehead atoms. The minimum Gasteiger partial charge on any atom is -0.352 e. The number of fused-ring (bicyclic) bond motifs is 1. The van der Waals surface area contributed by atoms with Crippen LogP contribution in [0.1, 0.15) is 63.7 Å². The summed E-state index contributed by atoms with van der Waals surface area (Å²) in [5.41, 5.74) is 0.500. The van der Waals surface area contributed by atoms with Gasteiger partial charge < -0.3 is 10.2 Å². The van der Waals surface area contributed by atoms with Crippen LogP contribution in [0.2, 0.25) is 0 Å². The molecule has 31 heavy (non-hydrogen) atoms. The monoisotopic (exact) mass is 423 g/mol. The van der Waals surface area contributed by atoms with Crippen molar-refractivity contribution in [2.75, 3.05) is 24.5 Å². The Bertz CT molecular complexity index is 1020. The summed E-state index contributed by atoms with van der Waals surface area (Å²) in [7, 11) is 0. The number of imide groups is 1. The number of amides is 3. The Balaban J connectivity index is 1.40. The fraction of sp³-hybridized carbons (Fsp3) is 0.375. The van der Waals surface area contributed by atoms with Gasteiger partial charge in [0, 0.05) is 24.7 Å². The van der Waals surface area contributed by atoms with Crippen LogP contribution in [-0.2, 0) is 0 Å². The third-order valence-corrected chi connectivity index (χ3v) is 6.09. The average Bonchev–Trinajstić information content (AvgIpc) is 3.02. The molecular weight excluding hydrogens is 397 g/mol. The van der Waals surface area contributed by atoms with Crippen molar-refractivity contribution >= 4 is 23.4 Å². The fourth-order valence-corrected chi connectivity index (χ4v) is 4.31. The second-order valence-corrected chi connectivity index (χ2v) is 8.15. The highest BCUT2D eigenvalue weighted by Gasteiger charge is 2.38. The van der Waals surface area contributed by atoms with Crippen LogP contribution in [-0.4, -0.2) is 48.3 Å². The lowest BCUT2D eigenvalue weighted by molar-refractivity contribution is 0.0922. The molecule has 2 aromatic rings. The molecule has 0 radical (unpaired) electrons. The quantitative estimate of drug-likeness (QED) is 0.569. The van der Waals surface area contributed by atoms with Crippen LogP contribution in [0, 0.1) is 5.82 Å². The van der Waals surface area contributed by atoms with Gasteiger partial charge in [0.25, 0.3) is 17.7 Å². The van der Waals surface area contributed by atoms with Gasteiger partial charge in [-0.1, -0.05) is 18.6 Å². The van der Waals surface area contributed by atoms with Crippen molar-refractivity contribution in [2.45, 2.75) is 38.6 Å². The molecule has 1 fully saturated rings. The third-order valence-electron chi connectivity index (χ3n) is 6.09. The van der Waals surface area contributed by atoms with Crippen LogP contribution < -0.4 is 10.2 Å². The molecule has 0 spiro atoms. The lowest BCUT2D eigenvalue weighted by atomic mass is 10.0. The largest absolute Gasteiger partial charge is 0.352 e. The smallest absolute Gasteiger partial charge is 0.266 e. The Labute approximate surface area is 181 Å². The number of hydrogen-bond donors (Lipinski definition) is 1. The van der Waals surface area contributed by atoms with Crippen molar-refractivity contribution in [3.05, 3.63) is 65.0 Å². The summed E-state index contributed by atoms with van der Waals surface area (Å²) < 4.78 is 14.1. The van der Waals surface area contributed by atoms with Gasteiger partial charge in [-0.25, -0.2) is 9.29 Å². The van der Waals surface area contributed by atoms with Crippen molar-refractivity contribution in [3.63, 3.8) is 0 Å². The SMILES string of the molecule is CC1CCCCN1CCCNC(=O)c1ccc2c(c1)C(=O)N(c1ccccc1F)C2=O. The van der Waals surface area contributed by atoms with E-state index >= 15 is 0 Å². The third kappa shape index (κ3) is 4.23. The van der Waals surface area contributed by atoms with Gasteiger partial charge in [0.1, 0.15) is 5.82 Å². The molecule has 7 heteroatoms. The molecule has 1 N–H and O–H groups in total. The van der Waals surface area contributed by atoms with E-state index in [0.29, 0.717) is 18.2 Å². The van der Waals surface area contributed by atoms with Gasteiger partial charge in [0.2, 0.25) is 0 Å². The Hall–Kier alpha value is -3.06. The molecule has 2 heterocycles. The maximum atomic E-state index is 14.1. The molecule has 1 saturated heterocycles. The molecule has 2 aliphatic rings. The van der Waals surface area contributed by atoms with E-state index in [-0.39, 0.29) is 22.7 Å². The van der Waals surface area contributed by atoms with Crippen LogP contribution >= 0.6 is 0 Å². The molecule has 6 nitrogen and oxygen atoms in total. The van der Waals surface area contributed by atoms with E-state index in [9.17, 15) is 18.8 Å². The molecule has 0 saturated carbocycles. The minimum atomic E-state index is -0.655. The van der Waals surface area contributed by atoms with Crippen molar-refractivity contribution in [1.29, 1.82) is 0 Å². The first kappa shape index (κ1) is 21.2. The van der Waals surface area contributed by atoms with Crippen LogP contribution in [0.3, 0.4) is 0 Å². The molecule has 4 rings (SSSR count). The normalized spacial score (nSPS) is 18.9. The van der Waals surface area contributed by atoms with Crippen LogP contribution in [0.4, 0.5) is 10.1 Å². The van der Waals surface area contributed by atoms with Gasteiger partial charge in [0.15, 0.2) is 0 Å². The second-order valence-electron chi connectivity index (χ2n) is 8.15. The zero-order valence-corrected chi connectivity index (χ0v) is 17.6. The first-order valence-electron chi connectivity index (χ1n) is 10.8. The fourth-order valence-electron chi connectivity index (χ4n) is 4.31. The first-order chi connectivity index (χ1) is 15.0. The summed E-state index contributed by atoms with van der Waals surface area (Å²) in [5.74, 6) is -2.16. The van der Waals surface area contributed by atoms with Gasteiger partial charge in [-0.15, -0.1) is 0 Å². The number of rotatable bonds is 6. The number of likely N-dealkylation sites (tertiary alicyclic amines) is 1. The van der Waals surface area contributed by atoms with Crippen molar-refractivity contribution in [2.24, 2.45) is 0 Å². The molecular formula is C24H26FN3O3. The Morgan fingerprint density at radius 1 is 1.10 bits per heavy atom. The number of benzene rings is 2. The topological polar surface area (TPSA) is 69.7 Å². The molecule has 0 aromatic heterocycles.